The summed E-state index contributed by atoms with van der Waals surface area (Å²) in [4.78, 5) is 15.5. The van der Waals surface area contributed by atoms with Crippen LogP contribution in [-0.2, 0) is 6.54 Å². The van der Waals surface area contributed by atoms with Gasteiger partial charge in [0, 0.05) is 30.5 Å². The number of aromatic nitrogens is 2. The lowest BCUT2D eigenvalue weighted by Crippen LogP contribution is -2.42. The summed E-state index contributed by atoms with van der Waals surface area (Å²) in [5, 5.41) is 2.07. The lowest BCUT2D eigenvalue weighted by atomic mass is 9.89. The van der Waals surface area contributed by atoms with E-state index in [0.29, 0.717) is 0 Å². The fraction of sp³-hybridized carbons (Fsp3) is 0.600. The van der Waals surface area contributed by atoms with Crippen LogP contribution in [0, 0.1) is 5.92 Å². The number of thiophene rings is 1. The van der Waals surface area contributed by atoms with Crippen LogP contribution in [0.3, 0.4) is 0 Å². The molecule has 5 heteroatoms. The highest BCUT2D eigenvalue weighted by atomic mass is 32.1. The Labute approximate surface area is 154 Å². The summed E-state index contributed by atoms with van der Waals surface area (Å²) in [6.45, 7) is 8.47. The van der Waals surface area contributed by atoms with Crippen molar-refractivity contribution >= 4 is 11.3 Å². The van der Waals surface area contributed by atoms with Crippen molar-refractivity contribution in [3.05, 3.63) is 35.5 Å². The second-order valence-corrected chi connectivity index (χ2v) is 8.44. The van der Waals surface area contributed by atoms with Crippen molar-refractivity contribution < 1.29 is 0 Å². The van der Waals surface area contributed by atoms with Crippen LogP contribution in [-0.4, -0.2) is 52.0 Å². The minimum atomic E-state index is 0.762. The Bertz CT molecular complexity index is 641. The van der Waals surface area contributed by atoms with Crippen LogP contribution in [0.5, 0.6) is 0 Å². The quantitative estimate of drug-likeness (QED) is 0.813. The third kappa shape index (κ3) is 4.10. The molecule has 134 valence electrons. The second-order valence-electron chi connectivity index (χ2n) is 7.49. The predicted octanol–water partition coefficient (Wildman–Crippen LogP) is 3.90. The van der Waals surface area contributed by atoms with E-state index in [9.17, 15) is 0 Å². The van der Waals surface area contributed by atoms with Gasteiger partial charge in [-0.05, 0) is 76.2 Å². The molecule has 0 radical (unpaired) electrons. The van der Waals surface area contributed by atoms with Crippen LogP contribution < -0.4 is 0 Å². The van der Waals surface area contributed by atoms with Gasteiger partial charge in [0.05, 0.1) is 4.88 Å². The summed E-state index contributed by atoms with van der Waals surface area (Å²) in [5.74, 6) is 1.71. The van der Waals surface area contributed by atoms with Crippen LogP contribution in [0.25, 0.3) is 10.7 Å². The van der Waals surface area contributed by atoms with Crippen molar-refractivity contribution in [1.29, 1.82) is 0 Å². The fourth-order valence-electron chi connectivity index (χ4n) is 4.27. The van der Waals surface area contributed by atoms with E-state index in [-0.39, 0.29) is 0 Å². The highest BCUT2D eigenvalue weighted by molar-refractivity contribution is 7.13. The standard InChI is InChI=1S/C20H28N4S/c1-16(24-8-2-3-9-24)18-6-10-23(11-7-18)15-17-13-21-20(22-14-17)19-5-4-12-25-19/h4-5,12-14,16,18H,2-3,6-11,15H2,1H3. The Morgan fingerprint density at radius 3 is 2.48 bits per heavy atom. The zero-order valence-corrected chi connectivity index (χ0v) is 15.9. The molecule has 2 aliphatic rings. The summed E-state index contributed by atoms with van der Waals surface area (Å²) < 4.78 is 0. The summed E-state index contributed by atoms with van der Waals surface area (Å²) >= 11 is 1.69. The van der Waals surface area contributed by atoms with Crippen molar-refractivity contribution in [2.24, 2.45) is 5.92 Å². The van der Waals surface area contributed by atoms with Crippen molar-refractivity contribution in [1.82, 2.24) is 19.8 Å². The number of hydrogen-bond donors (Lipinski definition) is 0. The molecular weight excluding hydrogens is 328 g/mol. The van der Waals surface area contributed by atoms with Gasteiger partial charge in [-0.2, -0.15) is 0 Å². The first-order valence-electron chi connectivity index (χ1n) is 9.61. The largest absolute Gasteiger partial charge is 0.300 e. The first-order valence-corrected chi connectivity index (χ1v) is 10.5. The van der Waals surface area contributed by atoms with E-state index in [2.05, 4.69) is 38.1 Å². The molecule has 2 aromatic rings. The first kappa shape index (κ1) is 17.1. The normalized spacial score (nSPS) is 21.6. The van der Waals surface area contributed by atoms with Gasteiger partial charge < -0.3 is 4.90 Å². The van der Waals surface area contributed by atoms with Gasteiger partial charge in [-0.15, -0.1) is 11.3 Å². The monoisotopic (exact) mass is 356 g/mol. The van der Waals surface area contributed by atoms with Gasteiger partial charge in [-0.1, -0.05) is 6.07 Å². The molecule has 0 aliphatic carbocycles. The summed E-state index contributed by atoms with van der Waals surface area (Å²) in [6.07, 6.45) is 9.44. The van der Waals surface area contributed by atoms with Crippen LogP contribution in [0.1, 0.15) is 38.2 Å². The van der Waals surface area contributed by atoms with Crippen molar-refractivity contribution in [3.8, 4) is 10.7 Å². The SMILES string of the molecule is CC(C1CCN(Cc2cnc(-c3cccs3)nc2)CC1)N1CCCC1. The van der Waals surface area contributed by atoms with Crippen molar-refractivity contribution in [2.75, 3.05) is 26.2 Å². The Balaban J connectivity index is 1.28. The molecule has 0 saturated carbocycles. The van der Waals surface area contributed by atoms with Gasteiger partial charge in [0.2, 0.25) is 0 Å². The van der Waals surface area contributed by atoms with Crippen LogP contribution in [0.2, 0.25) is 0 Å². The first-order chi connectivity index (χ1) is 12.3. The molecule has 2 aliphatic heterocycles. The van der Waals surface area contributed by atoms with E-state index >= 15 is 0 Å². The molecule has 0 spiro atoms. The van der Waals surface area contributed by atoms with Gasteiger partial charge in [0.1, 0.15) is 0 Å². The minimum absolute atomic E-state index is 0.762. The molecule has 2 fully saturated rings. The van der Waals surface area contributed by atoms with Gasteiger partial charge >= 0.3 is 0 Å². The third-order valence-corrected chi connectivity index (χ3v) is 6.75. The molecule has 0 N–H and O–H groups in total. The highest BCUT2D eigenvalue weighted by Gasteiger charge is 2.28. The summed E-state index contributed by atoms with van der Waals surface area (Å²) in [7, 11) is 0. The Hall–Kier alpha value is -1.30. The number of likely N-dealkylation sites (tertiary alicyclic amines) is 2. The lowest BCUT2D eigenvalue weighted by molar-refractivity contribution is 0.108. The van der Waals surface area contributed by atoms with Crippen LogP contribution in [0.15, 0.2) is 29.9 Å². The third-order valence-electron chi connectivity index (χ3n) is 5.88. The van der Waals surface area contributed by atoms with E-state index in [1.165, 1.54) is 57.4 Å². The molecular formula is C20H28N4S. The van der Waals surface area contributed by atoms with Crippen molar-refractivity contribution in [2.45, 2.75) is 45.2 Å². The number of hydrogen-bond acceptors (Lipinski definition) is 5. The topological polar surface area (TPSA) is 32.3 Å². The van der Waals surface area contributed by atoms with E-state index in [1.807, 2.05) is 18.5 Å². The van der Waals surface area contributed by atoms with Gasteiger partial charge in [0.25, 0.3) is 0 Å². The predicted molar refractivity (Wildman–Crippen MR) is 104 cm³/mol. The molecule has 0 bridgehead atoms. The van der Waals surface area contributed by atoms with Crippen LogP contribution >= 0.6 is 11.3 Å². The van der Waals surface area contributed by atoms with Gasteiger partial charge in [-0.3, -0.25) is 4.90 Å². The van der Waals surface area contributed by atoms with Gasteiger partial charge in [-0.25, -0.2) is 9.97 Å². The summed E-state index contributed by atoms with van der Waals surface area (Å²) in [6, 6.07) is 4.88. The van der Waals surface area contributed by atoms with Crippen molar-refractivity contribution in [3.63, 3.8) is 0 Å². The molecule has 4 nitrogen and oxygen atoms in total. The zero-order chi connectivity index (χ0) is 17.1. The molecule has 1 atom stereocenters. The molecule has 2 aromatic heterocycles. The van der Waals surface area contributed by atoms with E-state index in [4.69, 9.17) is 0 Å². The average molecular weight is 357 g/mol. The maximum atomic E-state index is 4.55. The average Bonchev–Trinajstić information content (AvgIpc) is 3.36. The van der Waals surface area contributed by atoms with E-state index in [0.717, 1.165) is 29.2 Å². The van der Waals surface area contributed by atoms with E-state index in [1.54, 1.807) is 11.3 Å². The van der Waals surface area contributed by atoms with E-state index < -0.39 is 0 Å². The maximum absolute atomic E-state index is 4.55. The smallest absolute Gasteiger partial charge is 0.169 e. The highest BCUT2D eigenvalue weighted by Crippen LogP contribution is 2.27. The van der Waals surface area contributed by atoms with Gasteiger partial charge in [0.15, 0.2) is 5.82 Å². The molecule has 2 saturated heterocycles. The lowest BCUT2D eigenvalue weighted by Gasteiger charge is -2.38. The fourth-order valence-corrected chi connectivity index (χ4v) is 4.94. The number of rotatable bonds is 5. The maximum Gasteiger partial charge on any atom is 0.169 e. The van der Waals surface area contributed by atoms with Crippen LogP contribution in [0.4, 0.5) is 0 Å². The zero-order valence-electron chi connectivity index (χ0n) is 15.1. The molecule has 4 rings (SSSR count). The summed E-state index contributed by atoms with van der Waals surface area (Å²) in [5.41, 5.74) is 1.23. The Morgan fingerprint density at radius 1 is 1.12 bits per heavy atom. The number of piperidine rings is 1. The molecule has 0 amide bonds. The molecule has 1 unspecified atom stereocenters. The molecule has 0 aromatic carbocycles. The Kier molecular flexibility index (Phi) is 5.44. The molecule has 25 heavy (non-hydrogen) atoms. The molecule has 4 heterocycles. The Morgan fingerprint density at radius 2 is 1.84 bits per heavy atom. The number of nitrogens with zero attached hydrogens (tertiary/aromatic N) is 4. The second kappa shape index (κ2) is 7.94. The minimum Gasteiger partial charge on any atom is -0.300 e.